The molecule has 96 valence electrons. The Bertz CT molecular complexity index is 430. The van der Waals surface area contributed by atoms with Gasteiger partial charge in [-0.15, -0.1) is 0 Å². The molecule has 2 atom stereocenters. The van der Waals surface area contributed by atoms with E-state index in [1.165, 1.54) is 6.08 Å². The highest BCUT2D eigenvalue weighted by Crippen LogP contribution is 2.29. The van der Waals surface area contributed by atoms with Gasteiger partial charge < -0.3 is 14.8 Å². The molecule has 1 aliphatic heterocycles. The molecule has 18 heavy (non-hydrogen) atoms. The highest BCUT2D eigenvalue weighted by atomic mass is 16.5. The Morgan fingerprint density at radius 3 is 3.11 bits per heavy atom. The number of ether oxygens (including phenoxy) is 2. The molecule has 0 bridgehead atoms. The standard InChI is InChI=1S/C13H16N2O3/c1-3-11(16)15-10-6-7-18-13(10)9-4-5-12(17-2)14-8-9/h3-5,8,10,13H,1,6-7H2,2H3,(H,15,16)/t10-,13+/m1/s1. The Morgan fingerprint density at radius 1 is 1.67 bits per heavy atom. The van der Waals surface area contributed by atoms with Gasteiger partial charge in [0.05, 0.1) is 13.2 Å². The first-order valence-corrected chi connectivity index (χ1v) is 5.79. The largest absolute Gasteiger partial charge is 0.481 e. The Balaban J connectivity index is 2.10. The molecule has 1 aromatic rings. The van der Waals surface area contributed by atoms with E-state index < -0.39 is 0 Å². The second-order valence-corrected chi connectivity index (χ2v) is 4.03. The molecule has 1 saturated heterocycles. The van der Waals surface area contributed by atoms with E-state index >= 15 is 0 Å². The van der Waals surface area contributed by atoms with Crippen molar-refractivity contribution in [3.8, 4) is 5.88 Å². The number of aromatic nitrogens is 1. The number of nitrogens with one attached hydrogen (secondary N) is 1. The molecule has 1 aromatic heterocycles. The molecular weight excluding hydrogens is 232 g/mol. The second-order valence-electron chi connectivity index (χ2n) is 4.03. The predicted octanol–water partition coefficient (Wildman–Crippen LogP) is 1.22. The van der Waals surface area contributed by atoms with E-state index in [0.717, 1.165) is 12.0 Å². The molecule has 0 spiro atoms. The fourth-order valence-corrected chi connectivity index (χ4v) is 1.99. The summed E-state index contributed by atoms with van der Waals surface area (Å²) in [6.07, 6.45) is 3.60. The van der Waals surface area contributed by atoms with Crippen LogP contribution in [0.4, 0.5) is 0 Å². The summed E-state index contributed by atoms with van der Waals surface area (Å²) >= 11 is 0. The van der Waals surface area contributed by atoms with Crippen molar-refractivity contribution < 1.29 is 14.3 Å². The van der Waals surface area contributed by atoms with E-state index in [9.17, 15) is 4.79 Å². The number of rotatable bonds is 4. The van der Waals surface area contributed by atoms with Crippen LogP contribution in [-0.2, 0) is 9.53 Å². The molecular formula is C13H16N2O3. The van der Waals surface area contributed by atoms with Crippen LogP contribution in [-0.4, -0.2) is 30.6 Å². The van der Waals surface area contributed by atoms with Gasteiger partial charge in [0, 0.05) is 24.4 Å². The van der Waals surface area contributed by atoms with Crippen molar-refractivity contribution >= 4 is 5.91 Å². The van der Waals surface area contributed by atoms with Gasteiger partial charge in [-0.3, -0.25) is 4.79 Å². The number of carbonyl (C=O) groups is 1. The van der Waals surface area contributed by atoms with Gasteiger partial charge in [-0.2, -0.15) is 0 Å². The molecule has 0 aliphatic carbocycles. The van der Waals surface area contributed by atoms with Crippen molar-refractivity contribution in [3.63, 3.8) is 0 Å². The lowest BCUT2D eigenvalue weighted by Gasteiger charge is -2.19. The maximum Gasteiger partial charge on any atom is 0.243 e. The molecule has 1 N–H and O–H groups in total. The average Bonchev–Trinajstić information content (AvgIpc) is 2.86. The average molecular weight is 248 g/mol. The third-order valence-corrected chi connectivity index (χ3v) is 2.90. The number of nitrogens with zero attached hydrogens (tertiary/aromatic N) is 1. The van der Waals surface area contributed by atoms with Gasteiger partial charge in [0.25, 0.3) is 0 Å². The molecule has 1 amide bonds. The van der Waals surface area contributed by atoms with E-state index in [1.807, 2.05) is 6.07 Å². The maximum atomic E-state index is 11.3. The molecule has 1 aliphatic rings. The van der Waals surface area contributed by atoms with E-state index in [-0.39, 0.29) is 18.1 Å². The minimum atomic E-state index is -0.183. The summed E-state index contributed by atoms with van der Waals surface area (Å²) < 4.78 is 10.6. The molecule has 5 nitrogen and oxygen atoms in total. The number of hydrogen-bond acceptors (Lipinski definition) is 4. The first-order valence-electron chi connectivity index (χ1n) is 5.79. The van der Waals surface area contributed by atoms with Crippen molar-refractivity contribution in [1.29, 1.82) is 0 Å². The zero-order valence-electron chi connectivity index (χ0n) is 10.3. The van der Waals surface area contributed by atoms with Crippen LogP contribution in [0.1, 0.15) is 18.1 Å². The van der Waals surface area contributed by atoms with E-state index in [2.05, 4.69) is 16.9 Å². The predicted molar refractivity (Wildman–Crippen MR) is 66.2 cm³/mol. The van der Waals surface area contributed by atoms with Gasteiger partial charge in [-0.05, 0) is 18.6 Å². The molecule has 0 aromatic carbocycles. The summed E-state index contributed by atoms with van der Waals surface area (Å²) in [5.41, 5.74) is 0.933. The van der Waals surface area contributed by atoms with Gasteiger partial charge in [0.1, 0.15) is 6.10 Å². The van der Waals surface area contributed by atoms with E-state index in [0.29, 0.717) is 12.5 Å². The Kier molecular flexibility index (Phi) is 3.94. The minimum absolute atomic E-state index is 0.0364. The number of carbonyl (C=O) groups excluding carboxylic acids is 1. The van der Waals surface area contributed by atoms with Crippen LogP contribution >= 0.6 is 0 Å². The molecule has 1 fully saturated rings. The highest BCUT2D eigenvalue weighted by Gasteiger charge is 2.30. The molecule has 0 radical (unpaired) electrons. The number of hydrogen-bond donors (Lipinski definition) is 1. The zero-order valence-corrected chi connectivity index (χ0v) is 10.3. The third kappa shape index (κ3) is 2.68. The monoisotopic (exact) mass is 248 g/mol. The Morgan fingerprint density at radius 2 is 2.50 bits per heavy atom. The van der Waals surface area contributed by atoms with Crippen molar-refractivity contribution in [1.82, 2.24) is 10.3 Å². The zero-order chi connectivity index (χ0) is 13.0. The van der Waals surface area contributed by atoms with Crippen LogP contribution in [0.3, 0.4) is 0 Å². The molecule has 0 saturated carbocycles. The van der Waals surface area contributed by atoms with Crippen LogP contribution in [0.25, 0.3) is 0 Å². The summed E-state index contributed by atoms with van der Waals surface area (Å²) in [5.74, 6) is 0.375. The van der Waals surface area contributed by atoms with Gasteiger partial charge in [-0.25, -0.2) is 4.98 Å². The topological polar surface area (TPSA) is 60.5 Å². The lowest BCUT2D eigenvalue weighted by Crippen LogP contribution is -2.35. The molecule has 0 unspecified atom stereocenters. The van der Waals surface area contributed by atoms with E-state index in [4.69, 9.17) is 9.47 Å². The maximum absolute atomic E-state index is 11.3. The summed E-state index contributed by atoms with van der Waals surface area (Å²) in [5, 5.41) is 2.86. The van der Waals surface area contributed by atoms with Crippen LogP contribution in [0.2, 0.25) is 0 Å². The van der Waals surface area contributed by atoms with Crippen LogP contribution in [0, 0.1) is 0 Å². The molecule has 2 rings (SSSR count). The van der Waals surface area contributed by atoms with Crippen LogP contribution in [0.5, 0.6) is 5.88 Å². The van der Waals surface area contributed by atoms with Crippen LogP contribution < -0.4 is 10.1 Å². The third-order valence-electron chi connectivity index (χ3n) is 2.90. The second kappa shape index (κ2) is 5.64. The Labute approximate surface area is 106 Å². The van der Waals surface area contributed by atoms with Crippen molar-refractivity contribution in [2.45, 2.75) is 18.6 Å². The summed E-state index contributed by atoms with van der Waals surface area (Å²) in [4.78, 5) is 15.5. The number of pyridine rings is 1. The fraction of sp³-hybridized carbons (Fsp3) is 0.385. The van der Waals surface area contributed by atoms with E-state index in [1.54, 1.807) is 19.4 Å². The Hall–Kier alpha value is -1.88. The summed E-state index contributed by atoms with van der Waals surface area (Å²) in [6.45, 7) is 4.07. The van der Waals surface area contributed by atoms with Gasteiger partial charge in [-0.1, -0.05) is 6.58 Å². The summed E-state index contributed by atoms with van der Waals surface area (Å²) in [7, 11) is 1.57. The van der Waals surface area contributed by atoms with Crippen molar-refractivity contribution in [2.24, 2.45) is 0 Å². The number of amides is 1. The quantitative estimate of drug-likeness (QED) is 0.814. The normalized spacial score (nSPS) is 22.5. The fourth-order valence-electron chi connectivity index (χ4n) is 1.99. The van der Waals surface area contributed by atoms with Gasteiger partial charge in [0.15, 0.2) is 0 Å². The van der Waals surface area contributed by atoms with Crippen molar-refractivity contribution in [2.75, 3.05) is 13.7 Å². The molecule has 5 heteroatoms. The highest BCUT2D eigenvalue weighted by molar-refractivity contribution is 5.87. The summed E-state index contributed by atoms with van der Waals surface area (Å²) in [6, 6.07) is 3.64. The molecule has 2 heterocycles. The SMILES string of the molecule is C=CC(=O)N[C@@H]1CCO[C@H]1c1ccc(OC)nc1. The van der Waals surface area contributed by atoms with Crippen LogP contribution in [0.15, 0.2) is 31.0 Å². The minimum Gasteiger partial charge on any atom is -0.481 e. The number of methoxy groups -OCH3 is 1. The lowest BCUT2D eigenvalue weighted by atomic mass is 10.0. The first-order chi connectivity index (χ1) is 8.74. The smallest absolute Gasteiger partial charge is 0.243 e. The lowest BCUT2D eigenvalue weighted by molar-refractivity contribution is -0.117. The van der Waals surface area contributed by atoms with Gasteiger partial charge >= 0.3 is 0 Å². The first kappa shape index (κ1) is 12.6. The van der Waals surface area contributed by atoms with Gasteiger partial charge in [0.2, 0.25) is 11.8 Å². The van der Waals surface area contributed by atoms with Crippen molar-refractivity contribution in [3.05, 3.63) is 36.5 Å².